The van der Waals surface area contributed by atoms with Crippen LogP contribution in [0.1, 0.15) is 5.56 Å². The van der Waals surface area contributed by atoms with Gasteiger partial charge in [-0.1, -0.05) is 11.7 Å². The van der Waals surface area contributed by atoms with Crippen molar-refractivity contribution in [3.8, 4) is 0 Å². The summed E-state index contributed by atoms with van der Waals surface area (Å²) in [6, 6.07) is 3.73. The van der Waals surface area contributed by atoms with E-state index in [1.807, 2.05) is 35.2 Å². The molecule has 70 valence electrons. The second kappa shape index (κ2) is 6.37. The van der Waals surface area contributed by atoms with E-state index in [4.69, 9.17) is 5.21 Å². The maximum atomic E-state index is 8.24. The van der Waals surface area contributed by atoms with Gasteiger partial charge in [0.25, 0.3) is 0 Å². The molecule has 0 bridgehead atoms. The van der Waals surface area contributed by atoms with Crippen molar-refractivity contribution in [3.63, 3.8) is 0 Å². The van der Waals surface area contributed by atoms with Gasteiger partial charge in [0.05, 0.1) is 6.21 Å². The highest BCUT2D eigenvalue weighted by Gasteiger charge is 1.95. The van der Waals surface area contributed by atoms with Crippen LogP contribution in [0.4, 0.5) is 0 Å². The summed E-state index contributed by atoms with van der Waals surface area (Å²) < 4.78 is 1.97. The average molecular weight is 243 g/mol. The number of hydrogen-bond acceptors (Lipinski definition) is 2. The molecule has 0 atom stereocenters. The molecule has 1 aromatic heterocycles. The van der Waals surface area contributed by atoms with Crippen molar-refractivity contribution >= 4 is 6.21 Å². The van der Waals surface area contributed by atoms with Gasteiger partial charge < -0.3 is 22.2 Å². The Labute approximate surface area is 87.8 Å². The fraction of sp³-hybridized carbons (Fsp3) is 0.111. The predicted molar refractivity (Wildman–Crippen MR) is 46.2 cm³/mol. The molecule has 0 aliphatic carbocycles. The topological polar surface area (TPSA) is 36.5 Å². The summed E-state index contributed by atoms with van der Waals surface area (Å²) in [4.78, 5) is 0. The van der Waals surface area contributed by atoms with E-state index in [9.17, 15) is 0 Å². The smallest absolute Gasteiger partial charge is 0.169 e. The van der Waals surface area contributed by atoms with E-state index in [1.54, 1.807) is 0 Å². The number of aromatic nitrogens is 1. The largest absolute Gasteiger partial charge is 1.00 e. The Hall–Kier alpha value is -1.16. The Kier molecular flexibility index (Phi) is 5.80. The van der Waals surface area contributed by atoms with Crippen molar-refractivity contribution in [1.29, 1.82) is 0 Å². The molecule has 0 aliphatic rings. The van der Waals surface area contributed by atoms with E-state index in [0.29, 0.717) is 0 Å². The molecule has 1 heterocycles. The van der Waals surface area contributed by atoms with E-state index in [2.05, 4.69) is 11.7 Å². The molecule has 1 N–H and O–H groups in total. The predicted octanol–water partition coefficient (Wildman–Crippen LogP) is -2.03. The van der Waals surface area contributed by atoms with Gasteiger partial charge in [-0.05, 0) is 6.08 Å². The first-order chi connectivity index (χ1) is 5.86. The third kappa shape index (κ3) is 3.85. The fourth-order valence-electron chi connectivity index (χ4n) is 0.892. The van der Waals surface area contributed by atoms with Gasteiger partial charge in [0.15, 0.2) is 18.9 Å². The number of pyridine rings is 1. The number of halogens is 1. The standard InChI is InChI=1S/C9H10N2O.BrH/c1-2-5-11-6-3-9(4-7-11)8-10-12;/h2-4,6-8H,1,5H2;1H. The Morgan fingerprint density at radius 1 is 1.46 bits per heavy atom. The number of allylic oxidation sites excluding steroid dienone is 1. The van der Waals surface area contributed by atoms with Crippen LogP contribution in [0.15, 0.2) is 42.3 Å². The molecule has 13 heavy (non-hydrogen) atoms. The summed E-state index contributed by atoms with van der Waals surface area (Å²) in [5.74, 6) is 0. The van der Waals surface area contributed by atoms with Gasteiger partial charge in [-0.25, -0.2) is 4.57 Å². The number of rotatable bonds is 3. The monoisotopic (exact) mass is 242 g/mol. The molecule has 4 heteroatoms. The molecule has 0 spiro atoms. The van der Waals surface area contributed by atoms with Gasteiger partial charge in [0.2, 0.25) is 0 Å². The average Bonchev–Trinajstić information content (AvgIpc) is 2.09. The van der Waals surface area contributed by atoms with Gasteiger partial charge in [-0.15, -0.1) is 0 Å². The van der Waals surface area contributed by atoms with Gasteiger partial charge in [0.1, 0.15) is 0 Å². The van der Waals surface area contributed by atoms with Crippen LogP contribution < -0.4 is 21.5 Å². The van der Waals surface area contributed by atoms with Crippen molar-refractivity contribution in [1.82, 2.24) is 0 Å². The van der Waals surface area contributed by atoms with E-state index in [-0.39, 0.29) is 17.0 Å². The van der Waals surface area contributed by atoms with E-state index in [0.717, 1.165) is 12.1 Å². The van der Waals surface area contributed by atoms with Crippen molar-refractivity contribution < 1.29 is 26.8 Å². The van der Waals surface area contributed by atoms with Crippen molar-refractivity contribution in [2.24, 2.45) is 5.16 Å². The Bertz CT molecular complexity index is 282. The highest BCUT2D eigenvalue weighted by molar-refractivity contribution is 5.78. The second-order valence-electron chi connectivity index (χ2n) is 2.36. The molecule has 0 aliphatic heterocycles. The van der Waals surface area contributed by atoms with Crippen LogP contribution in [0.25, 0.3) is 0 Å². The summed E-state index contributed by atoms with van der Waals surface area (Å²) in [5.41, 5.74) is 0.873. The summed E-state index contributed by atoms with van der Waals surface area (Å²) >= 11 is 0. The molecule has 0 amide bonds. The zero-order valence-electron chi connectivity index (χ0n) is 7.10. The SMILES string of the molecule is C=CC[n+]1ccc(/C=N/O)cc1.[Br-]. The lowest BCUT2D eigenvalue weighted by Crippen LogP contribution is -3.00. The Morgan fingerprint density at radius 3 is 2.54 bits per heavy atom. The lowest BCUT2D eigenvalue weighted by Gasteiger charge is -1.91. The van der Waals surface area contributed by atoms with Crippen molar-refractivity contribution in [3.05, 3.63) is 42.7 Å². The lowest BCUT2D eigenvalue weighted by atomic mass is 10.3. The summed E-state index contributed by atoms with van der Waals surface area (Å²) in [6.07, 6.45) is 7.01. The highest BCUT2D eigenvalue weighted by atomic mass is 79.9. The minimum Gasteiger partial charge on any atom is -1.00 e. The Balaban J connectivity index is 0.00000144. The van der Waals surface area contributed by atoms with Crippen LogP contribution in [0.3, 0.4) is 0 Å². The zero-order valence-corrected chi connectivity index (χ0v) is 8.68. The number of oxime groups is 1. The molecule has 0 unspecified atom stereocenters. The molecular formula is C9H11BrN2O. The summed E-state index contributed by atoms with van der Waals surface area (Å²) in [6.45, 7) is 4.42. The number of hydrogen-bond donors (Lipinski definition) is 1. The normalized spacial score (nSPS) is 9.54. The molecule has 0 saturated heterocycles. The van der Waals surface area contributed by atoms with Gasteiger partial charge in [0, 0.05) is 17.7 Å². The summed E-state index contributed by atoms with van der Waals surface area (Å²) in [7, 11) is 0. The maximum absolute atomic E-state index is 8.24. The van der Waals surface area contributed by atoms with Gasteiger partial charge in [-0.3, -0.25) is 0 Å². The van der Waals surface area contributed by atoms with Crippen molar-refractivity contribution in [2.45, 2.75) is 6.54 Å². The molecule has 1 rings (SSSR count). The molecule has 1 aromatic rings. The number of nitrogens with zero attached hydrogens (tertiary/aromatic N) is 2. The molecule has 3 nitrogen and oxygen atoms in total. The summed E-state index contributed by atoms with van der Waals surface area (Å²) in [5, 5.41) is 11.2. The first kappa shape index (κ1) is 11.8. The van der Waals surface area contributed by atoms with Crippen molar-refractivity contribution in [2.75, 3.05) is 0 Å². The molecule has 0 fully saturated rings. The third-order valence-corrected chi connectivity index (χ3v) is 1.46. The first-order valence-electron chi connectivity index (χ1n) is 3.64. The van der Waals surface area contributed by atoms with Crippen LogP contribution in [0, 0.1) is 0 Å². The quantitative estimate of drug-likeness (QED) is 0.215. The lowest BCUT2D eigenvalue weighted by molar-refractivity contribution is -0.687. The van der Waals surface area contributed by atoms with Gasteiger partial charge in [-0.2, -0.15) is 0 Å². The third-order valence-electron chi connectivity index (χ3n) is 1.46. The zero-order chi connectivity index (χ0) is 8.81. The fourth-order valence-corrected chi connectivity index (χ4v) is 0.892. The second-order valence-corrected chi connectivity index (χ2v) is 2.36. The molecule has 0 saturated carbocycles. The first-order valence-corrected chi connectivity index (χ1v) is 3.64. The van der Waals surface area contributed by atoms with Crippen LogP contribution in [-0.4, -0.2) is 11.4 Å². The maximum Gasteiger partial charge on any atom is 0.169 e. The van der Waals surface area contributed by atoms with E-state index < -0.39 is 0 Å². The minimum absolute atomic E-state index is 0. The van der Waals surface area contributed by atoms with Crippen LogP contribution in [-0.2, 0) is 6.54 Å². The minimum atomic E-state index is 0. The van der Waals surface area contributed by atoms with Crippen LogP contribution in [0.2, 0.25) is 0 Å². The molecular weight excluding hydrogens is 232 g/mol. The van der Waals surface area contributed by atoms with E-state index >= 15 is 0 Å². The highest BCUT2D eigenvalue weighted by Crippen LogP contribution is 1.89. The molecule has 0 radical (unpaired) electrons. The molecule has 0 aromatic carbocycles. The van der Waals surface area contributed by atoms with Crippen LogP contribution >= 0.6 is 0 Å². The van der Waals surface area contributed by atoms with Crippen LogP contribution in [0.5, 0.6) is 0 Å². The van der Waals surface area contributed by atoms with Gasteiger partial charge >= 0.3 is 0 Å². The van der Waals surface area contributed by atoms with E-state index in [1.165, 1.54) is 6.21 Å². The Morgan fingerprint density at radius 2 is 2.08 bits per heavy atom.